The van der Waals surface area contributed by atoms with Crippen LogP contribution in [0, 0.1) is 0 Å². The maximum Gasteiger partial charge on any atom is 0.234 e. The summed E-state index contributed by atoms with van der Waals surface area (Å²) < 4.78 is 5.43. The van der Waals surface area contributed by atoms with E-state index >= 15 is 0 Å². The van der Waals surface area contributed by atoms with Crippen LogP contribution in [0.3, 0.4) is 0 Å². The van der Waals surface area contributed by atoms with Crippen molar-refractivity contribution in [3.8, 4) is 5.88 Å². The fourth-order valence-electron chi connectivity index (χ4n) is 1.19. The van der Waals surface area contributed by atoms with Gasteiger partial charge in [0.2, 0.25) is 5.88 Å². The van der Waals surface area contributed by atoms with E-state index in [2.05, 4.69) is 22.3 Å². The highest BCUT2D eigenvalue weighted by Gasteiger charge is 1.97. The quantitative estimate of drug-likeness (QED) is 0.407. The first-order chi connectivity index (χ1) is 7.36. The molecule has 0 aliphatic heterocycles. The van der Waals surface area contributed by atoms with Crippen molar-refractivity contribution in [2.24, 2.45) is 5.84 Å². The molecule has 1 heterocycles. The van der Waals surface area contributed by atoms with Crippen molar-refractivity contribution in [1.29, 1.82) is 0 Å². The number of nitrogens with zero attached hydrogens (tertiary/aromatic N) is 2. The summed E-state index contributed by atoms with van der Waals surface area (Å²) in [6, 6.07) is 0. The first kappa shape index (κ1) is 11.7. The zero-order chi connectivity index (χ0) is 10.9. The van der Waals surface area contributed by atoms with Gasteiger partial charge in [0, 0.05) is 0 Å². The highest BCUT2D eigenvalue weighted by molar-refractivity contribution is 5.31. The van der Waals surface area contributed by atoms with Gasteiger partial charge in [-0.25, -0.2) is 5.84 Å². The van der Waals surface area contributed by atoms with E-state index in [0.29, 0.717) is 18.3 Å². The van der Waals surface area contributed by atoms with Crippen LogP contribution in [-0.4, -0.2) is 16.6 Å². The monoisotopic (exact) mass is 210 g/mol. The average Bonchev–Trinajstić information content (AvgIpc) is 2.29. The number of nitrogens with one attached hydrogen (secondary N) is 1. The summed E-state index contributed by atoms with van der Waals surface area (Å²) in [6.07, 6.45) is 7.85. The van der Waals surface area contributed by atoms with Crippen molar-refractivity contribution in [3.05, 3.63) is 12.4 Å². The van der Waals surface area contributed by atoms with E-state index in [1.54, 1.807) is 12.4 Å². The van der Waals surface area contributed by atoms with E-state index in [4.69, 9.17) is 10.6 Å². The number of rotatable bonds is 7. The number of nitrogen functional groups attached to an aromatic ring is 1. The molecule has 3 N–H and O–H groups in total. The standard InChI is InChI=1S/C10H18N4O/c1-2-3-4-5-6-15-10-8-12-7-9(13-10)14-11/h7-8H,2-6,11H2,1H3,(H,13,14). The van der Waals surface area contributed by atoms with Crippen LogP contribution < -0.4 is 16.0 Å². The first-order valence-electron chi connectivity index (χ1n) is 5.28. The van der Waals surface area contributed by atoms with Gasteiger partial charge in [-0.2, -0.15) is 4.98 Å². The largest absolute Gasteiger partial charge is 0.477 e. The molecule has 0 saturated heterocycles. The summed E-state index contributed by atoms with van der Waals surface area (Å²) in [5.74, 6) is 6.24. The van der Waals surface area contributed by atoms with Crippen LogP contribution in [0.2, 0.25) is 0 Å². The normalized spacial score (nSPS) is 10.0. The predicted octanol–water partition coefficient (Wildman–Crippen LogP) is 1.72. The van der Waals surface area contributed by atoms with Gasteiger partial charge in [0.15, 0.2) is 5.82 Å². The van der Waals surface area contributed by atoms with E-state index in [9.17, 15) is 0 Å². The third-order valence-electron chi connectivity index (χ3n) is 2.01. The minimum atomic E-state index is 0.515. The van der Waals surface area contributed by atoms with Crippen LogP contribution in [0.4, 0.5) is 5.82 Å². The van der Waals surface area contributed by atoms with Gasteiger partial charge >= 0.3 is 0 Å². The van der Waals surface area contributed by atoms with Crippen molar-refractivity contribution < 1.29 is 4.74 Å². The SMILES string of the molecule is CCCCCCOc1cncc(NN)n1. The Balaban J connectivity index is 2.24. The Hall–Kier alpha value is -1.36. The lowest BCUT2D eigenvalue weighted by molar-refractivity contribution is 0.293. The highest BCUT2D eigenvalue weighted by atomic mass is 16.5. The number of hydrazine groups is 1. The van der Waals surface area contributed by atoms with Crippen molar-refractivity contribution in [2.75, 3.05) is 12.0 Å². The fraction of sp³-hybridized carbons (Fsp3) is 0.600. The third-order valence-corrected chi connectivity index (χ3v) is 2.01. The van der Waals surface area contributed by atoms with Gasteiger partial charge in [-0.15, -0.1) is 0 Å². The number of unbranched alkanes of at least 4 members (excludes halogenated alkanes) is 3. The molecule has 5 nitrogen and oxygen atoms in total. The van der Waals surface area contributed by atoms with Crippen molar-refractivity contribution in [2.45, 2.75) is 32.6 Å². The summed E-state index contributed by atoms with van der Waals surface area (Å²) in [5.41, 5.74) is 2.42. The molecule has 5 heteroatoms. The fourth-order valence-corrected chi connectivity index (χ4v) is 1.19. The summed E-state index contributed by atoms with van der Waals surface area (Å²) in [6.45, 7) is 2.87. The predicted molar refractivity (Wildman–Crippen MR) is 59.5 cm³/mol. The summed E-state index contributed by atoms with van der Waals surface area (Å²) >= 11 is 0. The average molecular weight is 210 g/mol. The number of ether oxygens (including phenoxy) is 1. The maximum absolute atomic E-state index is 5.43. The molecule has 15 heavy (non-hydrogen) atoms. The summed E-state index contributed by atoms with van der Waals surface area (Å²) in [7, 11) is 0. The molecule has 0 saturated carbocycles. The number of nitrogens with two attached hydrogens (primary N) is 1. The zero-order valence-electron chi connectivity index (χ0n) is 9.07. The van der Waals surface area contributed by atoms with Gasteiger partial charge in [0.25, 0.3) is 0 Å². The molecular weight excluding hydrogens is 192 g/mol. The molecule has 0 bridgehead atoms. The maximum atomic E-state index is 5.43. The Kier molecular flexibility index (Phi) is 5.47. The van der Waals surface area contributed by atoms with Gasteiger partial charge in [0.05, 0.1) is 19.0 Å². The molecule has 0 unspecified atom stereocenters. The van der Waals surface area contributed by atoms with E-state index in [0.717, 1.165) is 6.42 Å². The van der Waals surface area contributed by atoms with Crippen LogP contribution >= 0.6 is 0 Å². The smallest absolute Gasteiger partial charge is 0.234 e. The van der Waals surface area contributed by atoms with Crippen LogP contribution in [-0.2, 0) is 0 Å². The lowest BCUT2D eigenvalue weighted by Gasteiger charge is -2.05. The van der Waals surface area contributed by atoms with Crippen molar-refractivity contribution >= 4 is 5.82 Å². The Bertz CT molecular complexity index is 280. The molecule has 0 atom stereocenters. The van der Waals surface area contributed by atoms with Crippen LogP contribution in [0.1, 0.15) is 32.6 Å². The molecule has 1 aromatic rings. The zero-order valence-corrected chi connectivity index (χ0v) is 9.07. The van der Waals surface area contributed by atoms with Crippen LogP contribution in [0.25, 0.3) is 0 Å². The second-order valence-corrected chi connectivity index (χ2v) is 3.30. The molecule has 0 aliphatic carbocycles. The first-order valence-corrected chi connectivity index (χ1v) is 5.28. The lowest BCUT2D eigenvalue weighted by atomic mass is 10.2. The number of anilines is 1. The third kappa shape index (κ3) is 4.60. The molecule has 84 valence electrons. The Morgan fingerprint density at radius 1 is 1.33 bits per heavy atom. The Labute approximate surface area is 90.0 Å². The van der Waals surface area contributed by atoms with Crippen LogP contribution in [0.5, 0.6) is 5.88 Å². The Morgan fingerprint density at radius 2 is 2.20 bits per heavy atom. The Morgan fingerprint density at radius 3 is 2.93 bits per heavy atom. The minimum absolute atomic E-state index is 0.515. The van der Waals surface area contributed by atoms with E-state index in [1.807, 2.05) is 0 Å². The van der Waals surface area contributed by atoms with Gasteiger partial charge < -0.3 is 10.2 Å². The molecule has 0 spiro atoms. The van der Waals surface area contributed by atoms with Gasteiger partial charge in [-0.3, -0.25) is 4.98 Å². The molecule has 0 aliphatic rings. The van der Waals surface area contributed by atoms with E-state index in [-0.39, 0.29) is 0 Å². The minimum Gasteiger partial charge on any atom is -0.477 e. The highest BCUT2D eigenvalue weighted by Crippen LogP contribution is 2.08. The lowest BCUT2D eigenvalue weighted by Crippen LogP contribution is -2.09. The van der Waals surface area contributed by atoms with Gasteiger partial charge in [-0.05, 0) is 6.42 Å². The van der Waals surface area contributed by atoms with Gasteiger partial charge in [-0.1, -0.05) is 26.2 Å². The molecular formula is C10H18N4O. The second-order valence-electron chi connectivity index (χ2n) is 3.30. The van der Waals surface area contributed by atoms with E-state index < -0.39 is 0 Å². The number of hydrogen-bond acceptors (Lipinski definition) is 5. The van der Waals surface area contributed by atoms with E-state index in [1.165, 1.54) is 19.3 Å². The molecule has 0 radical (unpaired) electrons. The second kappa shape index (κ2) is 7.00. The molecule has 1 rings (SSSR count). The molecule has 0 amide bonds. The van der Waals surface area contributed by atoms with Crippen molar-refractivity contribution in [1.82, 2.24) is 9.97 Å². The number of aromatic nitrogens is 2. The topological polar surface area (TPSA) is 73.1 Å². The number of hydrogen-bond donors (Lipinski definition) is 2. The van der Waals surface area contributed by atoms with Crippen molar-refractivity contribution in [3.63, 3.8) is 0 Å². The van der Waals surface area contributed by atoms with Crippen LogP contribution in [0.15, 0.2) is 12.4 Å². The molecule has 0 aromatic carbocycles. The molecule has 0 fully saturated rings. The molecule has 1 aromatic heterocycles. The summed E-state index contributed by atoms with van der Waals surface area (Å²) in [5, 5.41) is 0. The van der Waals surface area contributed by atoms with Gasteiger partial charge in [0.1, 0.15) is 0 Å². The summed E-state index contributed by atoms with van der Waals surface area (Å²) in [4.78, 5) is 8.03.